The van der Waals surface area contributed by atoms with E-state index < -0.39 is 54.0 Å². The first-order valence-electron chi connectivity index (χ1n) is 11.8. The Labute approximate surface area is 206 Å². The van der Waals surface area contributed by atoms with Crippen molar-refractivity contribution in [2.24, 2.45) is 17.4 Å². The molecular weight excluding hydrogens is 454 g/mol. The van der Waals surface area contributed by atoms with E-state index in [0.29, 0.717) is 19.4 Å². The SMILES string of the molecule is CC(C)C(N)C(=O)NC(C(=O)NC(CCCCN)C(=O)NC(Cc1ccccc1)C(=O)O)C(C)O. The molecule has 9 N–H and O–H groups in total. The number of hydrogen-bond acceptors (Lipinski definition) is 7. The summed E-state index contributed by atoms with van der Waals surface area (Å²) in [5, 5.41) is 27.1. The Hall–Kier alpha value is -3.02. The summed E-state index contributed by atoms with van der Waals surface area (Å²) >= 11 is 0. The number of nitrogens with two attached hydrogens (primary N) is 2. The predicted octanol–water partition coefficient (Wildman–Crippen LogP) is -0.739. The van der Waals surface area contributed by atoms with E-state index in [1.165, 1.54) is 6.92 Å². The summed E-state index contributed by atoms with van der Waals surface area (Å²) < 4.78 is 0. The zero-order valence-electron chi connectivity index (χ0n) is 20.6. The normalized spacial score (nSPS) is 15.4. The largest absolute Gasteiger partial charge is 0.480 e. The van der Waals surface area contributed by atoms with Crippen molar-refractivity contribution >= 4 is 23.7 Å². The topological polar surface area (TPSA) is 197 Å². The van der Waals surface area contributed by atoms with Gasteiger partial charge in [0.25, 0.3) is 0 Å². The molecule has 1 aromatic rings. The van der Waals surface area contributed by atoms with Crippen molar-refractivity contribution in [3.63, 3.8) is 0 Å². The van der Waals surface area contributed by atoms with Crippen LogP contribution in [0.15, 0.2) is 30.3 Å². The lowest BCUT2D eigenvalue weighted by Gasteiger charge is -2.27. The second kappa shape index (κ2) is 15.1. The van der Waals surface area contributed by atoms with Crippen LogP contribution in [0.25, 0.3) is 0 Å². The first-order valence-corrected chi connectivity index (χ1v) is 11.8. The van der Waals surface area contributed by atoms with E-state index >= 15 is 0 Å². The molecule has 11 heteroatoms. The Morgan fingerprint density at radius 2 is 1.49 bits per heavy atom. The maximum Gasteiger partial charge on any atom is 0.326 e. The lowest BCUT2D eigenvalue weighted by atomic mass is 10.0. The molecule has 0 heterocycles. The Morgan fingerprint density at radius 1 is 0.886 bits per heavy atom. The number of amides is 3. The maximum absolute atomic E-state index is 13.0. The third kappa shape index (κ3) is 10.4. The Kier molecular flexibility index (Phi) is 12.9. The van der Waals surface area contributed by atoms with Gasteiger partial charge in [0.05, 0.1) is 12.1 Å². The molecule has 1 rings (SSSR count). The third-order valence-electron chi connectivity index (χ3n) is 5.56. The van der Waals surface area contributed by atoms with E-state index in [0.717, 1.165) is 5.56 Å². The van der Waals surface area contributed by atoms with Crippen molar-refractivity contribution in [2.75, 3.05) is 6.54 Å². The van der Waals surface area contributed by atoms with Gasteiger partial charge in [-0.25, -0.2) is 4.79 Å². The molecule has 11 nitrogen and oxygen atoms in total. The molecule has 0 fully saturated rings. The molecule has 196 valence electrons. The minimum absolute atomic E-state index is 0.0603. The molecule has 0 saturated carbocycles. The highest BCUT2D eigenvalue weighted by atomic mass is 16.4. The molecule has 0 radical (unpaired) electrons. The summed E-state index contributed by atoms with van der Waals surface area (Å²) in [6.07, 6.45) is 0.0699. The number of aliphatic hydroxyl groups is 1. The molecule has 0 aromatic heterocycles. The van der Waals surface area contributed by atoms with Crippen LogP contribution in [-0.2, 0) is 25.6 Å². The fourth-order valence-electron chi connectivity index (χ4n) is 3.30. The van der Waals surface area contributed by atoms with Crippen molar-refractivity contribution in [3.8, 4) is 0 Å². The van der Waals surface area contributed by atoms with Gasteiger partial charge in [0.15, 0.2) is 0 Å². The van der Waals surface area contributed by atoms with Gasteiger partial charge in [-0.05, 0) is 44.2 Å². The lowest BCUT2D eigenvalue weighted by Crippen LogP contribution is -2.60. The van der Waals surface area contributed by atoms with Gasteiger partial charge in [0.2, 0.25) is 17.7 Å². The van der Waals surface area contributed by atoms with E-state index in [1.807, 2.05) is 0 Å². The minimum atomic E-state index is -1.35. The van der Waals surface area contributed by atoms with Crippen LogP contribution in [0, 0.1) is 5.92 Å². The average molecular weight is 494 g/mol. The van der Waals surface area contributed by atoms with E-state index in [-0.39, 0.29) is 18.8 Å². The summed E-state index contributed by atoms with van der Waals surface area (Å²) in [5.41, 5.74) is 12.1. The number of unbranched alkanes of at least 4 members (excludes halogenated alkanes) is 1. The number of carboxylic acids is 1. The second-order valence-corrected chi connectivity index (χ2v) is 8.93. The standard InChI is InChI=1S/C24H39N5O6/c1-14(2)19(26)22(32)29-20(15(3)30)23(33)27-17(11-7-8-12-25)21(31)28-18(24(34)35)13-16-9-5-4-6-10-16/h4-6,9-10,14-15,17-20,30H,7-8,11-13,25-26H2,1-3H3,(H,27,33)(H,28,31)(H,29,32)(H,34,35). The summed E-state index contributed by atoms with van der Waals surface area (Å²) in [6, 6.07) is 4.29. The fourth-order valence-corrected chi connectivity index (χ4v) is 3.30. The molecule has 1 aromatic carbocycles. The summed E-state index contributed by atoms with van der Waals surface area (Å²) in [7, 11) is 0. The molecule has 0 saturated heterocycles. The predicted molar refractivity (Wildman–Crippen MR) is 131 cm³/mol. The van der Waals surface area contributed by atoms with E-state index in [1.54, 1.807) is 44.2 Å². The quantitative estimate of drug-likeness (QED) is 0.155. The number of aliphatic carboxylic acids is 1. The zero-order chi connectivity index (χ0) is 26.5. The number of rotatable bonds is 15. The molecular formula is C24H39N5O6. The van der Waals surface area contributed by atoms with Crippen molar-refractivity contribution in [1.82, 2.24) is 16.0 Å². The zero-order valence-corrected chi connectivity index (χ0v) is 20.6. The molecule has 3 amide bonds. The molecule has 5 unspecified atom stereocenters. The molecule has 0 spiro atoms. The van der Waals surface area contributed by atoms with Gasteiger partial charge in [-0.3, -0.25) is 14.4 Å². The maximum atomic E-state index is 13.0. The second-order valence-electron chi connectivity index (χ2n) is 8.93. The number of benzene rings is 1. The van der Waals surface area contributed by atoms with E-state index in [9.17, 15) is 29.4 Å². The van der Waals surface area contributed by atoms with Crippen molar-refractivity contribution in [3.05, 3.63) is 35.9 Å². The minimum Gasteiger partial charge on any atom is -0.480 e. The van der Waals surface area contributed by atoms with Crippen molar-refractivity contribution < 1.29 is 29.4 Å². The molecule has 5 atom stereocenters. The van der Waals surface area contributed by atoms with Crippen LogP contribution in [0.5, 0.6) is 0 Å². The van der Waals surface area contributed by atoms with Crippen LogP contribution in [-0.4, -0.2) is 70.7 Å². The molecule has 0 aliphatic heterocycles. The number of nitrogens with one attached hydrogen (secondary N) is 3. The third-order valence-corrected chi connectivity index (χ3v) is 5.56. The van der Waals surface area contributed by atoms with Gasteiger partial charge in [-0.2, -0.15) is 0 Å². The first-order chi connectivity index (χ1) is 16.5. The van der Waals surface area contributed by atoms with Crippen LogP contribution in [0.1, 0.15) is 45.6 Å². The van der Waals surface area contributed by atoms with Crippen LogP contribution >= 0.6 is 0 Å². The number of carboxylic acid groups (broad SMARTS) is 1. The Bertz CT molecular complexity index is 833. The highest BCUT2D eigenvalue weighted by Crippen LogP contribution is 2.08. The van der Waals surface area contributed by atoms with Crippen molar-refractivity contribution in [2.45, 2.75) is 76.7 Å². The van der Waals surface area contributed by atoms with Gasteiger partial charge in [0, 0.05) is 6.42 Å². The molecule has 0 aliphatic rings. The van der Waals surface area contributed by atoms with Crippen LogP contribution < -0.4 is 27.4 Å². The van der Waals surface area contributed by atoms with Gasteiger partial charge < -0.3 is 37.6 Å². The smallest absolute Gasteiger partial charge is 0.326 e. The van der Waals surface area contributed by atoms with Crippen LogP contribution in [0.2, 0.25) is 0 Å². The van der Waals surface area contributed by atoms with Crippen LogP contribution in [0.4, 0.5) is 0 Å². The van der Waals surface area contributed by atoms with Crippen LogP contribution in [0.3, 0.4) is 0 Å². The molecule has 35 heavy (non-hydrogen) atoms. The van der Waals surface area contributed by atoms with Gasteiger partial charge in [-0.15, -0.1) is 0 Å². The highest BCUT2D eigenvalue weighted by molar-refractivity contribution is 5.94. The average Bonchev–Trinajstić information content (AvgIpc) is 2.80. The summed E-state index contributed by atoms with van der Waals surface area (Å²) in [5.74, 6) is -3.49. The number of carbonyl (C=O) groups excluding carboxylic acids is 3. The summed E-state index contributed by atoms with van der Waals surface area (Å²) in [4.78, 5) is 50.0. The molecule has 0 bridgehead atoms. The first kappa shape index (κ1) is 30.0. The number of carbonyl (C=O) groups is 4. The van der Waals surface area contributed by atoms with E-state index in [4.69, 9.17) is 11.5 Å². The molecule has 0 aliphatic carbocycles. The van der Waals surface area contributed by atoms with Gasteiger partial charge >= 0.3 is 5.97 Å². The Balaban J connectivity index is 2.98. The van der Waals surface area contributed by atoms with Crippen molar-refractivity contribution in [1.29, 1.82) is 0 Å². The monoisotopic (exact) mass is 493 g/mol. The Morgan fingerprint density at radius 3 is 2.00 bits per heavy atom. The van der Waals surface area contributed by atoms with Gasteiger partial charge in [0.1, 0.15) is 18.1 Å². The fraction of sp³-hybridized carbons (Fsp3) is 0.583. The number of hydrogen-bond donors (Lipinski definition) is 7. The number of aliphatic hydroxyl groups excluding tert-OH is 1. The summed E-state index contributed by atoms with van der Waals surface area (Å²) in [6.45, 7) is 5.20. The van der Waals surface area contributed by atoms with Gasteiger partial charge in [-0.1, -0.05) is 44.2 Å². The van der Waals surface area contributed by atoms with E-state index in [2.05, 4.69) is 16.0 Å². The highest BCUT2D eigenvalue weighted by Gasteiger charge is 2.32. The lowest BCUT2D eigenvalue weighted by molar-refractivity contribution is -0.142.